The Hall–Kier alpha value is -1.12. The molecule has 2 aromatic rings. The summed E-state index contributed by atoms with van der Waals surface area (Å²) in [5, 5.41) is 4.77. The second kappa shape index (κ2) is 4.87. The molecule has 1 aliphatic carbocycles. The SMILES string of the molecule is ClCC1(CNCc2ccnc3ccccc23)CC1. The fourth-order valence-electron chi connectivity index (χ4n) is 2.31. The Morgan fingerprint density at radius 3 is 2.83 bits per heavy atom. The van der Waals surface area contributed by atoms with Gasteiger partial charge in [-0.1, -0.05) is 18.2 Å². The van der Waals surface area contributed by atoms with Gasteiger partial charge in [-0.05, 0) is 36.0 Å². The van der Waals surface area contributed by atoms with Crippen molar-refractivity contribution in [1.29, 1.82) is 0 Å². The molecule has 3 rings (SSSR count). The van der Waals surface area contributed by atoms with Crippen molar-refractivity contribution in [2.75, 3.05) is 12.4 Å². The van der Waals surface area contributed by atoms with Gasteiger partial charge in [0.05, 0.1) is 5.52 Å². The molecule has 0 radical (unpaired) electrons. The lowest BCUT2D eigenvalue weighted by Crippen LogP contribution is -2.24. The maximum atomic E-state index is 5.98. The summed E-state index contributed by atoms with van der Waals surface area (Å²) in [5.74, 6) is 0.775. The van der Waals surface area contributed by atoms with Crippen LogP contribution in [0, 0.1) is 5.41 Å². The van der Waals surface area contributed by atoms with Gasteiger partial charge >= 0.3 is 0 Å². The van der Waals surface area contributed by atoms with E-state index in [1.807, 2.05) is 12.3 Å². The van der Waals surface area contributed by atoms with Crippen LogP contribution >= 0.6 is 11.6 Å². The van der Waals surface area contributed by atoms with E-state index < -0.39 is 0 Å². The summed E-state index contributed by atoms with van der Waals surface area (Å²) < 4.78 is 0. The number of pyridine rings is 1. The van der Waals surface area contributed by atoms with Crippen LogP contribution in [0.25, 0.3) is 10.9 Å². The molecular weight excluding hydrogens is 244 g/mol. The largest absolute Gasteiger partial charge is 0.312 e. The van der Waals surface area contributed by atoms with Crippen molar-refractivity contribution in [3.8, 4) is 0 Å². The maximum absolute atomic E-state index is 5.98. The molecule has 1 aromatic heterocycles. The Morgan fingerprint density at radius 2 is 2.06 bits per heavy atom. The highest BCUT2D eigenvalue weighted by Crippen LogP contribution is 2.45. The third-order valence-electron chi connectivity index (χ3n) is 3.80. The van der Waals surface area contributed by atoms with Gasteiger partial charge in [-0.3, -0.25) is 4.98 Å². The van der Waals surface area contributed by atoms with Crippen LogP contribution in [0.2, 0.25) is 0 Å². The highest BCUT2D eigenvalue weighted by Gasteiger charge is 2.41. The van der Waals surface area contributed by atoms with Gasteiger partial charge in [0, 0.05) is 30.6 Å². The minimum Gasteiger partial charge on any atom is -0.312 e. The van der Waals surface area contributed by atoms with E-state index >= 15 is 0 Å². The van der Waals surface area contributed by atoms with E-state index in [4.69, 9.17) is 11.6 Å². The molecule has 0 saturated heterocycles. The first-order chi connectivity index (χ1) is 8.83. The number of para-hydroxylation sites is 1. The number of hydrogen-bond donors (Lipinski definition) is 1. The highest BCUT2D eigenvalue weighted by molar-refractivity contribution is 6.18. The van der Waals surface area contributed by atoms with Crippen LogP contribution in [0.5, 0.6) is 0 Å². The van der Waals surface area contributed by atoms with Crippen LogP contribution in [0.3, 0.4) is 0 Å². The molecule has 94 valence electrons. The van der Waals surface area contributed by atoms with E-state index in [-0.39, 0.29) is 0 Å². The van der Waals surface area contributed by atoms with E-state index in [0.29, 0.717) is 5.41 Å². The lowest BCUT2D eigenvalue weighted by atomic mass is 10.1. The Kier molecular flexibility index (Phi) is 3.23. The molecule has 0 unspecified atom stereocenters. The van der Waals surface area contributed by atoms with E-state index in [1.54, 1.807) is 0 Å². The van der Waals surface area contributed by atoms with Crippen molar-refractivity contribution in [1.82, 2.24) is 10.3 Å². The molecular formula is C15H17ClN2. The van der Waals surface area contributed by atoms with Gasteiger partial charge in [0.2, 0.25) is 0 Å². The molecule has 2 nitrogen and oxygen atoms in total. The second-order valence-electron chi connectivity index (χ2n) is 5.22. The first-order valence-electron chi connectivity index (χ1n) is 6.42. The van der Waals surface area contributed by atoms with E-state index in [1.165, 1.54) is 23.8 Å². The number of hydrogen-bond acceptors (Lipinski definition) is 2. The normalized spacial score (nSPS) is 16.9. The molecule has 0 spiro atoms. The van der Waals surface area contributed by atoms with Crippen LogP contribution < -0.4 is 5.32 Å². The minimum atomic E-state index is 0.379. The molecule has 1 fully saturated rings. The summed E-state index contributed by atoms with van der Waals surface area (Å²) in [6.45, 7) is 1.91. The molecule has 0 bridgehead atoms. The summed E-state index contributed by atoms with van der Waals surface area (Å²) in [7, 11) is 0. The van der Waals surface area contributed by atoms with Crippen LogP contribution in [0.15, 0.2) is 36.5 Å². The zero-order chi connectivity index (χ0) is 12.4. The van der Waals surface area contributed by atoms with Crippen molar-refractivity contribution in [3.05, 3.63) is 42.1 Å². The third-order valence-corrected chi connectivity index (χ3v) is 4.36. The number of fused-ring (bicyclic) bond motifs is 1. The number of halogens is 1. The van der Waals surface area contributed by atoms with Crippen molar-refractivity contribution in [2.45, 2.75) is 19.4 Å². The quantitative estimate of drug-likeness (QED) is 0.834. The molecule has 1 saturated carbocycles. The Balaban J connectivity index is 1.71. The standard InChI is InChI=1S/C15H17ClN2/c16-10-15(6-7-15)11-17-9-12-5-8-18-14-4-2-1-3-13(12)14/h1-5,8,17H,6-7,9-11H2. The van der Waals surface area contributed by atoms with Crippen molar-refractivity contribution in [2.24, 2.45) is 5.41 Å². The molecule has 0 amide bonds. The lowest BCUT2D eigenvalue weighted by molar-refractivity contribution is 0.505. The number of nitrogens with zero attached hydrogens (tertiary/aromatic N) is 1. The predicted molar refractivity (Wildman–Crippen MR) is 75.8 cm³/mol. The Bertz CT molecular complexity index is 544. The van der Waals surface area contributed by atoms with Gasteiger partial charge in [0.25, 0.3) is 0 Å². The molecule has 1 N–H and O–H groups in total. The maximum Gasteiger partial charge on any atom is 0.0705 e. The highest BCUT2D eigenvalue weighted by atomic mass is 35.5. The van der Waals surface area contributed by atoms with Crippen molar-refractivity contribution in [3.63, 3.8) is 0 Å². The van der Waals surface area contributed by atoms with Crippen molar-refractivity contribution >= 4 is 22.5 Å². The molecule has 0 atom stereocenters. The van der Waals surface area contributed by atoms with Gasteiger partial charge in [-0.25, -0.2) is 0 Å². The minimum absolute atomic E-state index is 0.379. The predicted octanol–water partition coefficient (Wildman–Crippen LogP) is 3.34. The van der Waals surface area contributed by atoms with Gasteiger partial charge in [-0.15, -0.1) is 11.6 Å². The third kappa shape index (κ3) is 2.36. The second-order valence-corrected chi connectivity index (χ2v) is 5.49. The van der Waals surface area contributed by atoms with Crippen LogP contribution in [-0.4, -0.2) is 17.4 Å². The number of alkyl halides is 1. The first kappa shape index (κ1) is 11.9. The number of aromatic nitrogens is 1. The first-order valence-corrected chi connectivity index (χ1v) is 6.96. The fourth-order valence-corrected chi connectivity index (χ4v) is 2.67. The summed E-state index contributed by atoms with van der Waals surface area (Å²) in [5.41, 5.74) is 2.76. The summed E-state index contributed by atoms with van der Waals surface area (Å²) in [6, 6.07) is 10.4. The van der Waals surface area contributed by atoms with Crippen LogP contribution in [0.1, 0.15) is 18.4 Å². The van der Waals surface area contributed by atoms with Crippen LogP contribution in [-0.2, 0) is 6.54 Å². The van der Waals surface area contributed by atoms with Crippen LogP contribution in [0.4, 0.5) is 0 Å². The summed E-state index contributed by atoms with van der Waals surface area (Å²) >= 11 is 5.98. The molecule has 1 aliphatic rings. The zero-order valence-corrected chi connectivity index (χ0v) is 11.1. The number of benzene rings is 1. The number of rotatable bonds is 5. The number of nitrogens with one attached hydrogen (secondary N) is 1. The van der Waals surface area contributed by atoms with Gasteiger partial charge in [0.15, 0.2) is 0 Å². The van der Waals surface area contributed by atoms with E-state index in [9.17, 15) is 0 Å². The summed E-state index contributed by atoms with van der Waals surface area (Å²) in [6.07, 6.45) is 4.41. The fraction of sp³-hybridized carbons (Fsp3) is 0.400. The monoisotopic (exact) mass is 260 g/mol. The van der Waals surface area contributed by atoms with Gasteiger partial charge < -0.3 is 5.32 Å². The average molecular weight is 261 g/mol. The smallest absolute Gasteiger partial charge is 0.0705 e. The zero-order valence-electron chi connectivity index (χ0n) is 10.3. The Morgan fingerprint density at radius 1 is 1.22 bits per heavy atom. The molecule has 18 heavy (non-hydrogen) atoms. The Labute approximate surface area is 112 Å². The molecule has 1 heterocycles. The van der Waals surface area contributed by atoms with Crippen molar-refractivity contribution < 1.29 is 0 Å². The lowest BCUT2D eigenvalue weighted by Gasteiger charge is -2.13. The van der Waals surface area contributed by atoms with Gasteiger partial charge in [0.1, 0.15) is 0 Å². The molecule has 1 aromatic carbocycles. The van der Waals surface area contributed by atoms with E-state index in [0.717, 1.165) is 24.5 Å². The summed E-state index contributed by atoms with van der Waals surface area (Å²) in [4.78, 5) is 4.38. The average Bonchev–Trinajstić information content (AvgIpc) is 3.20. The topological polar surface area (TPSA) is 24.9 Å². The molecule has 3 heteroatoms. The van der Waals surface area contributed by atoms with E-state index in [2.05, 4.69) is 34.6 Å². The molecule has 0 aliphatic heterocycles. The van der Waals surface area contributed by atoms with Gasteiger partial charge in [-0.2, -0.15) is 0 Å².